The van der Waals surface area contributed by atoms with E-state index < -0.39 is 5.97 Å². The van der Waals surface area contributed by atoms with Gasteiger partial charge in [-0.1, -0.05) is 38.8 Å². The normalized spacial score (nSPS) is 22.3. The molecule has 1 amide bonds. The Hall–Kier alpha value is -2.24. The predicted molar refractivity (Wildman–Crippen MR) is 98.2 cm³/mol. The summed E-state index contributed by atoms with van der Waals surface area (Å²) in [5.74, 6) is 1.22. The van der Waals surface area contributed by atoms with Gasteiger partial charge < -0.3 is 19.5 Å². The lowest BCUT2D eigenvalue weighted by Crippen LogP contribution is -2.45. The van der Waals surface area contributed by atoms with Crippen LogP contribution in [0.5, 0.6) is 11.5 Å². The summed E-state index contributed by atoms with van der Waals surface area (Å²) < 4.78 is 15.9. The third-order valence-electron chi connectivity index (χ3n) is 4.91. The maximum absolute atomic E-state index is 12.0. The van der Waals surface area contributed by atoms with Gasteiger partial charge in [0.1, 0.15) is 0 Å². The number of nitrogens with one attached hydrogen (secondary N) is 1. The standard InChI is InChI=1S/C20H29NO5/c1-4-24-17-10-5-6-11-18(17)25-13-20(23)26-12-19(22)21-16-9-7-8-14(2)15(16)3/h5-6,10-11,14-16H,4,7-9,12-13H2,1-3H3,(H,21,22)/t14-,15-,16-/m0/s1. The van der Waals surface area contributed by atoms with Crippen LogP contribution >= 0.6 is 0 Å². The molecule has 1 fully saturated rings. The molecule has 6 nitrogen and oxygen atoms in total. The number of benzene rings is 1. The van der Waals surface area contributed by atoms with Gasteiger partial charge in [0.2, 0.25) is 0 Å². The van der Waals surface area contributed by atoms with Gasteiger partial charge in [-0.2, -0.15) is 0 Å². The minimum atomic E-state index is -0.587. The van der Waals surface area contributed by atoms with Crippen molar-refractivity contribution in [3.05, 3.63) is 24.3 Å². The number of hydrogen-bond donors (Lipinski definition) is 1. The first-order valence-electron chi connectivity index (χ1n) is 9.30. The van der Waals surface area contributed by atoms with Crippen LogP contribution in [-0.2, 0) is 14.3 Å². The highest BCUT2D eigenvalue weighted by Gasteiger charge is 2.28. The lowest BCUT2D eigenvalue weighted by molar-refractivity contribution is -0.150. The van der Waals surface area contributed by atoms with Crippen molar-refractivity contribution in [2.45, 2.75) is 46.1 Å². The summed E-state index contributed by atoms with van der Waals surface area (Å²) in [6.45, 7) is 6.19. The van der Waals surface area contributed by atoms with E-state index in [4.69, 9.17) is 14.2 Å². The molecule has 0 heterocycles. The molecule has 0 unspecified atom stereocenters. The fourth-order valence-electron chi connectivity index (χ4n) is 3.20. The van der Waals surface area contributed by atoms with E-state index in [2.05, 4.69) is 19.2 Å². The van der Waals surface area contributed by atoms with Crippen molar-refractivity contribution in [1.82, 2.24) is 5.32 Å². The lowest BCUT2D eigenvalue weighted by atomic mass is 9.78. The van der Waals surface area contributed by atoms with Gasteiger partial charge in [0.05, 0.1) is 6.61 Å². The van der Waals surface area contributed by atoms with Crippen LogP contribution in [0, 0.1) is 11.8 Å². The number of amides is 1. The summed E-state index contributed by atoms with van der Waals surface area (Å²) in [4.78, 5) is 23.9. The van der Waals surface area contributed by atoms with Crippen molar-refractivity contribution >= 4 is 11.9 Å². The minimum absolute atomic E-state index is 0.152. The second kappa shape index (κ2) is 10.0. The number of para-hydroxylation sites is 2. The summed E-state index contributed by atoms with van der Waals surface area (Å²) in [5.41, 5.74) is 0. The molecule has 1 aromatic rings. The largest absolute Gasteiger partial charge is 0.490 e. The van der Waals surface area contributed by atoms with Crippen molar-refractivity contribution in [3.8, 4) is 11.5 Å². The predicted octanol–water partition coefficient (Wildman–Crippen LogP) is 2.95. The molecule has 0 aromatic heterocycles. The lowest BCUT2D eigenvalue weighted by Gasteiger charge is -2.34. The number of carbonyl (C=O) groups is 2. The first-order valence-corrected chi connectivity index (χ1v) is 9.30. The Kier molecular flexibility index (Phi) is 7.75. The van der Waals surface area contributed by atoms with Crippen LogP contribution in [0.2, 0.25) is 0 Å². The SMILES string of the molecule is CCOc1ccccc1OCC(=O)OCC(=O)N[C@H]1CCC[C@H](C)[C@@H]1C. The molecule has 1 saturated carbocycles. The number of hydrogen-bond acceptors (Lipinski definition) is 5. The van der Waals surface area contributed by atoms with Gasteiger partial charge in [-0.25, -0.2) is 4.79 Å². The molecule has 2 rings (SSSR count). The number of rotatable bonds is 8. The Morgan fingerprint density at radius 1 is 1.08 bits per heavy atom. The molecule has 1 aliphatic carbocycles. The highest BCUT2D eigenvalue weighted by atomic mass is 16.6. The Bertz CT molecular complexity index is 604. The van der Waals surface area contributed by atoms with E-state index in [1.807, 2.05) is 13.0 Å². The Morgan fingerprint density at radius 2 is 1.77 bits per heavy atom. The van der Waals surface area contributed by atoms with E-state index in [0.29, 0.717) is 29.9 Å². The van der Waals surface area contributed by atoms with E-state index in [1.54, 1.807) is 18.2 Å². The van der Waals surface area contributed by atoms with Crippen LogP contribution in [0.1, 0.15) is 40.0 Å². The molecule has 0 bridgehead atoms. The fourth-order valence-corrected chi connectivity index (χ4v) is 3.20. The summed E-state index contributed by atoms with van der Waals surface area (Å²) >= 11 is 0. The summed E-state index contributed by atoms with van der Waals surface area (Å²) in [5, 5.41) is 2.98. The van der Waals surface area contributed by atoms with Gasteiger partial charge >= 0.3 is 5.97 Å². The molecule has 0 spiro atoms. The van der Waals surface area contributed by atoms with Gasteiger partial charge in [-0.15, -0.1) is 0 Å². The summed E-state index contributed by atoms with van der Waals surface area (Å²) in [7, 11) is 0. The van der Waals surface area contributed by atoms with Crippen molar-refractivity contribution in [2.24, 2.45) is 11.8 Å². The second-order valence-corrected chi connectivity index (χ2v) is 6.77. The minimum Gasteiger partial charge on any atom is -0.490 e. The molecule has 0 aliphatic heterocycles. The average molecular weight is 363 g/mol. The second-order valence-electron chi connectivity index (χ2n) is 6.77. The molecule has 1 aliphatic rings. The molecular weight excluding hydrogens is 334 g/mol. The van der Waals surface area contributed by atoms with Crippen molar-refractivity contribution in [1.29, 1.82) is 0 Å². The van der Waals surface area contributed by atoms with E-state index in [-0.39, 0.29) is 25.2 Å². The third-order valence-corrected chi connectivity index (χ3v) is 4.91. The van der Waals surface area contributed by atoms with E-state index in [9.17, 15) is 9.59 Å². The summed E-state index contributed by atoms with van der Waals surface area (Å²) in [6.07, 6.45) is 3.29. The zero-order valence-electron chi connectivity index (χ0n) is 15.8. The van der Waals surface area contributed by atoms with Gasteiger partial charge in [0.15, 0.2) is 24.7 Å². The zero-order valence-corrected chi connectivity index (χ0v) is 15.8. The number of esters is 1. The van der Waals surface area contributed by atoms with Crippen LogP contribution in [0.25, 0.3) is 0 Å². The van der Waals surface area contributed by atoms with Crippen LogP contribution in [0.15, 0.2) is 24.3 Å². The van der Waals surface area contributed by atoms with Crippen molar-refractivity contribution in [3.63, 3.8) is 0 Å². The van der Waals surface area contributed by atoms with Crippen LogP contribution in [-0.4, -0.2) is 37.7 Å². The van der Waals surface area contributed by atoms with E-state index >= 15 is 0 Å². The van der Waals surface area contributed by atoms with Crippen LogP contribution < -0.4 is 14.8 Å². The van der Waals surface area contributed by atoms with Crippen LogP contribution in [0.4, 0.5) is 0 Å². The summed E-state index contributed by atoms with van der Waals surface area (Å²) in [6, 6.07) is 7.26. The molecule has 6 heteroatoms. The van der Waals surface area contributed by atoms with Gasteiger partial charge in [0, 0.05) is 6.04 Å². The molecule has 144 valence electrons. The zero-order chi connectivity index (χ0) is 18.9. The highest BCUT2D eigenvalue weighted by molar-refractivity contribution is 5.81. The average Bonchev–Trinajstić information content (AvgIpc) is 2.63. The van der Waals surface area contributed by atoms with Crippen molar-refractivity contribution < 1.29 is 23.8 Å². The molecule has 3 atom stereocenters. The van der Waals surface area contributed by atoms with Gasteiger partial charge in [-0.3, -0.25) is 4.79 Å². The monoisotopic (exact) mass is 363 g/mol. The van der Waals surface area contributed by atoms with Crippen molar-refractivity contribution in [2.75, 3.05) is 19.8 Å². The molecule has 26 heavy (non-hydrogen) atoms. The number of carbonyl (C=O) groups excluding carboxylic acids is 2. The quantitative estimate of drug-likeness (QED) is 0.719. The highest BCUT2D eigenvalue weighted by Crippen LogP contribution is 2.29. The Balaban J connectivity index is 1.72. The molecule has 0 radical (unpaired) electrons. The van der Waals surface area contributed by atoms with Crippen LogP contribution in [0.3, 0.4) is 0 Å². The van der Waals surface area contributed by atoms with E-state index in [0.717, 1.165) is 12.8 Å². The fraction of sp³-hybridized carbons (Fsp3) is 0.600. The third kappa shape index (κ3) is 5.93. The molecule has 1 aromatic carbocycles. The first-order chi connectivity index (χ1) is 12.5. The van der Waals surface area contributed by atoms with Gasteiger partial charge in [0.25, 0.3) is 5.91 Å². The molecule has 1 N–H and O–H groups in total. The smallest absolute Gasteiger partial charge is 0.344 e. The topological polar surface area (TPSA) is 73.9 Å². The van der Waals surface area contributed by atoms with E-state index in [1.165, 1.54) is 6.42 Å². The molecular formula is C20H29NO5. The molecule has 0 saturated heterocycles. The van der Waals surface area contributed by atoms with Gasteiger partial charge in [-0.05, 0) is 37.3 Å². The Labute approximate surface area is 155 Å². The number of ether oxygens (including phenoxy) is 3. The maximum Gasteiger partial charge on any atom is 0.344 e. The maximum atomic E-state index is 12.0. The Morgan fingerprint density at radius 3 is 2.46 bits per heavy atom. The first kappa shape index (κ1) is 20.1.